The van der Waals surface area contributed by atoms with Crippen molar-refractivity contribution in [3.8, 4) is 5.75 Å². The molecule has 1 aromatic heterocycles. The molecule has 1 heterocycles. The molecule has 6 heteroatoms. The highest BCUT2D eigenvalue weighted by atomic mass is 19.1. The van der Waals surface area contributed by atoms with Crippen LogP contribution < -0.4 is 4.74 Å². The van der Waals surface area contributed by atoms with Crippen LogP contribution in [0, 0.1) is 13.8 Å². The van der Waals surface area contributed by atoms with Crippen molar-refractivity contribution in [2.45, 2.75) is 39.5 Å². The number of fused-ring (bicyclic) bond motifs is 1. The van der Waals surface area contributed by atoms with E-state index in [0.29, 0.717) is 38.3 Å². The van der Waals surface area contributed by atoms with Crippen LogP contribution in [0.1, 0.15) is 23.2 Å². The van der Waals surface area contributed by atoms with Crippen molar-refractivity contribution < 1.29 is 19.3 Å². The van der Waals surface area contributed by atoms with E-state index in [-0.39, 0.29) is 13.2 Å². The molecule has 0 bridgehead atoms. The molecule has 0 aliphatic carbocycles. The molecular weight excluding hydrogens is 395 g/mol. The summed E-state index contributed by atoms with van der Waals surface area (Å²) in [5, 5.41) is 21.4. The summed E-state index contributed by atoms with van der Waals surface area (Å²) < 4.78 is 19.7. The highest BCUT2D eigenvalue weighted by molar-refractivity contribution is 5.85. The first kappa shape index (κ1) is 23.3. The van der Waals surface area contributed by atoms with Gasteiger partial charge >= 0.3 is 0 Å². The van der Waals surface area contributed by atoms with Gasteiger partial charge in [-0.25, -0.2) is 4.39 Å². The van der Waals surface area contributed by atoms with Crippen LogP contribution in [-0.4, -0.2) is 58.8 Å². The minimum absolute atomic E-state index is 0.0567. The Bertz CT molecular complexity index is 955. The molecule has 0 fully saturated rings. The molecule has 0 unspecified atom stereocenters. The lowest BCUT2D eigenvalue weighted by atomic mass is 10.2. The highest BCUT2D eigenvalue weighted by Gasteiger charge is 2.17. The molecule has 31 heavy (non-hydrogen) atoms. The minimum atomic E-state index is -0.542. The zero-order chi connectivity index (χ0) is 22.2. The Kier molecular flexibility index (Phi) is 8.46. The van der Waals surface area contributed by atoms with Gasteiger partial charge in [0.05, 0.1) is 12.6 Å². The van der Waals surface area contributed by atoms with Gasteiger partial charge in [0.2, 0.25) is 0 Å². The quantitative estimate of drug-likeness (QED) is 0.460. The fourth-order valence-electron chi connectivity index (χ4n) is 4.04. The number of ether oxygens (including phenoxy) is 1. The zero-order valence-electron chi connectivity index (χ0n) is 18.4. The molecule has 2 aromatic carbocycles. The minimum Gasteiger partial charge on any atom is -0.491 e. The van der Waals surface area contributed by atoms with Gasteiger partial charge in [-0.3, -0.25) is 4.90 Å². The summed E-state index contributed by atoms with van der Waals surface area (Å²) in [5.74, 6) is 0.647. The van der Waals surface area contributed by atoms with E-state index in [0.717, 1.165) is 11.1 Å². The van der Waals surface area contributed by atoms with Gasteiger partial charge in [-0.1, -0.05) is 30.3 Å². The van der Waals surface area contributed by atoms with Crippen LogP contribution >= 0.6 is 0 Å². The number of aryl methyl sites for hydroxylation is 1. The summed E-state index contributed by atoms with van der Waals surface area (Å²) in [6.07, 6.45) is 0.106. The largest absolute Gasteiger partial charge is 0.491 e. The van der Waals surface area contributed by atoms with E-state index in [1.54, 1.807) is 0 Å². The molecule has 0 amide bonds. The average Bonchev–Trinajstić information content (AvgIpc) is 3.02. The second-order valence-corrected chi connectivity index (χ2v) is 7.99. The fourth-order valence-corrected chi connectivity index (χ4v) is 4.04. The maximum atomic E-state index is 12.3. The van der Waals surface area contributed by atoms with E-state index >= 15 is 0 Å². The van der Waals surface area contributed by atoms with Crippen molar-refractivity contribution in [2.75, 3.05) is 33.0 Å². The predicted octanol–water partition coefficient (Wildman–Crippen LogP) is 3.85. The van der Waals surface area contributed by atoms with E-state index < -0.39 is 12.8 Å². The normalized spacial score (nSPS) is 12.6. The van der Waals surface area contributed by atoms with Crippen LogP contribution in [0.25, 0.3) is 10.9 Å². The van der Waals surface area contributed by atoms with Crippen LogP contribution in [0.5, 0.6) is 5.75 Å². The number of rotatable bonds is 12. The molecule has 0 saturated heterocycles. The molecule has 0 aliphatic rings. The predicted molar refractivity (Wildman–Crippen MR) is 122 cm³/mol. The Morgan fingerprint density at radius 1 is 1.10 bits per heavy atom. The number of benzene rings is 2. The van der Waals surface area contributed by atoms with Gasteiger partial charge in [-0.15, -0.1) is 0 Å². The number of hydrogen-bond donors (Lipinski definition) is 2. The first-order valence-corrected chi connectivity index (χ1v) is 10.9. The van der Waals surface area contributed by atoms with Gasteiger partial charge < -0.3 is 19.5 Å². The van der Waals surface area contributed by atoms with Crippen LogP contribution in [-0.2, 0) is 13.1 Å². The third kappa shape index (κ3) is 6.06. The number of aliphatic hydroxyl groups is 2. The summed E-state index contributed by atoms with van der Waals surface area (Å²) >= 11 is 0. The first-order valence-electron chi connectivity index (χ1n) is 10.9. The number of aliphatic hydroxyl groups excluding tert-OH is 2. The number of aromatic nitrogens is 1. The fraction of sp³-hybridized carbons (Fsp3) is 0.440. The molecule has 0 spiro atoms. The standard InChI is InChI=1S/C25H33FN2O3/c1-19-20(2)28(25-7-4-3-6-24(19)25)18-22(30)17-27(13-5-14-29)16-21-8-10-23(11-9-21)31-15-12-26/h3-4,6-11,22,29-30H,5,12-18H2,1-2H3/t22-/m0/s1. The van der Waals surface area contributed by atoms with E-state index in [1.807, 2.05) is 36.4 Å². The van der Waals surface area contributed by atoms with Gasteiger partial charge in [0, 0.05) is 42.8 Å². The van der Waals surface area contributed by atoms with Gasteiger partial charge in [-0.2, -0.15) is 0 Å². The zero-order valence-corrected chi connectivity index (χ0v) is 18.4. The molecular formula is C25H33FN2O3. The smallest absolute Gasteiger partial charge is 0.123 e. The SMILES string of the molecule is Cc1c(C)n(C[C@@H](O)CN(CCCO)Cc2ccc(OCCF)cc2)c2ccccc12. The van der Waals surface area contributed by atoms with Crippen molar-refractivity contribution in [3.05, 3.63) is 65.4 Å². The monoisotopic (exact) mass is 428 g/mol. The Hall–Kier alpha value is -2.41. The molecule has 2 N–H and O–H groups in total. The van der Waals surface area contributed by atoms with Gasteiger partial charge in [-0.05, 0) is 49.6 Å². The second-order valence-electron chi connectivity index (χ2n) is 7.99. The molecule has 5 nitrogen and oxygen atoms in total. The number of nitrogens with zero attached hydrogens (tertiary/aromatic N) is 2. The van der Waals surface area contributed by atoms with E-state index in [2.05, 4.69) is 35.4 Å². The number of hydrogen-bond acceptors (Lipinski definition) is 4. The van der Waals surface area contributed by atoms with Crippen LogP contribution in [0.4, 0.5) is 4.39 Å². The maximum Gasteiger partial charge on any atom is 0.123 e. The molecule has 3 aromatic rings. The molecule has 3 rings (SSSR count). The third-order valence-corrected chi connectivity index (χ3v) is 5.72. The first-order chi connectivity index (χ1) is 15.0. The highest BCUT2D eigenvalue weighted by Crippen LogP contribution is 2.25. The summed E-state index contributed by atoms with van der Waals surface area (Å²) in [5.41, 5.74) is 4.64. The number of halogens is 1. The Balaban J connectivity index is 1.67. The Labute approximate surface area is 183 Å². The molecule has 1 atom stereocenters. The molecule has 168 valence electrons. The van der Waals surface area contributed by atoms with Crippen LogP contribution in [0.2, 0.25) is 0 Å². The average molecular weight is 429 g/mol. The topological polar surface area (TPSA) is 57.9 Å². The molecule has 0 aliphatic heterocycles. The van der Waals surface area contributed by atoms with Gasteiger partial charge in [0.1, 0.15) is 19.0 Å². The molecule has 0 radical (unpaired) electrons. The third-order valence-electron chi connectivity index (χ3n) is 5.72. The van der Waals surface area contributed by atoms with Gasteiger partial charge in [0.25, 0.3) is 0 Å². The summed E-state index contributed by atoms with van der Waals surface area (Å²) in [4.78, 5) is 2.16. The summed E-state index contributed by atoms with van der Waals surface area (Å²) in [7, 11) is 0. The second kappa shape index (κ2) is 11.3. The van der Waals surface area contributed by atoms with Crippen molar-refractivity contribution >= 4 is 10.9 Å². The van der Waals surface area contributed by atoms with Crippen molar-refractivity contribution in [3.63, 3.8) is 0 Å². The van der Waals surface area contributed by atoms with E-state index in [4.69, 9.17) is 4.74 Å². The maximum absolute atomic E-state index is 12.3. The Morgan fingerprint density at radius 2 is 1.84 bits per heavy atom. The Morgan fingerprint density at radius 3 is 2.55 bits per heavy atom. The van der Waals surface area contributed by atoms with Crippen molar-refractivity contribution in [1.82, 2.24) is 9.47 Å². The number of alkyl halides is 1. The lowest BCUT2D eigenvalue weighted by molar-refractivity contribution is 0.0909. The number of para-hydroxylation sites is 1. The van der Waals surface area contributed by atoms with Crippen LogP contribution in [0.3, 0.4) is 0 Å². The van der Waals surface area contributed by atoms with Gasteiger partial charge in [0.15, 0.2) is 0 Å². The lowest BCUT2D eigenvalue weighted by Gasteiger charge is -2.26. The summed E-state index contributed by atoms with van der Waals surface area (Å²) in [6, 6.07) is 15.9. The van der Waals surface area contributed by atoms with Crippen molar-refractivity contribution in [2.24, 2.45) is 0 Å². The van der Waals surface area contributed by atoms with E-state index in [1.165, 1.54) is 16.6 Å². The van der Waals surface area contributed by atoms with Crippen LogP contribution in [0.15, 0.2) is 48.5 Å². The summed E-state index contributed by atoms with van der Waals surface area (Å²) in [6.45, 7) is 6.25. The van der Waals surface area contributed by atoms with E-state index in [9.17, 15) is 14.6 Å². The lowest BCUT2D eigenvalue weighted by Crippen LogP contribution is -2.35. The van der Waals surface area contributed by atoms with Crippen molar-refractivity contribution in [1.29, 1.82) is 0 Å². The molecule has 0 saturated carbocycles.